The van der Waals surface area contributed by atoms with Crippen LogP contribution in [-0.2, 0) is 12.8 Å². The molecule has 0 aliphatic rings. The van der Waals surface area contributed by atoms with Crippen molar-refractivity contribution in [2.45, 2.75) is 47.5 Å². The topological polar surface area (TPSA) is 146 Å². The Balaban J connectivity index is 0.000000174. The summed E-state index contributed by atoms with van der Waals surface area (Å²) in [7, 11) is 0. The van der Waals surface area contributed by atoms with Crippen LogP contribution in [-0.4, -0.2) is 39.9 Å². The minimum Gasteiger partial charge on any atom is -0.332 e. The van der Waals surface area contributed by atoms with Crippen LogP contribution in [0.2, 0.25) is 0 Å². The van der Waals surface area contributed by atoms with E-state index in [-0.39, 0.29) is 5.91 Å². The highest BCUT2D eigenvalue weighted by Crippen LogP contribution is 2.32. The van der Waals surface area contributed by atoms with Gasteiger partial charge in [-0.15, -0.1) is 22.7 Å². The molecule has 14 heteroatoms. The molecule has 6 heterocycles. The lowest BCUT2D eigenvalue weighted by Gasteiger charge is -2.09. The van der Waals surface area contributed by atoms with Gasteiger partial charge in [0.1, 0.15) is 22.7 Å². The van der Waals surface area contributed by atoms with Gasteiger partial charge in [0.05, 0.1) is 28.5 Å². The smallest absolute Gasteiger partial charge is 0.255 e. The monoisotopic (exact) mass is 858 g/mol. The molecular formula is C48H46N10O2S2. The minimum absolute atomic E-state index is 0.132. The largest absolute Gasteiger partial charge is 0.332 e. The molecule has 1 amide bonds. The number of amides is 1. The molecule has 0 bridgehead atoms. The van der Waals surface area contributed by atoms with Crippen LogP contribution in [0.3, 0.4) is 0 Å². The van der Waals surface area contributed by atoms with Crippen molar-refractivity contribution in [3.8, 4) is 22.8 Å². The van der Waals surface area contributed by atoms with Gasteiger partial charge in [-0.1, -0.05) is 62.9 Å². The van der Waals surface area contributed by atoms with Crippen molar-refractivity contribution in [2.75, 3.05) is 16.0 Å². The Morgan fingerprint density at radius 2 is 1.29 bits per heavy atom. The second-order valence-corrected chi connectivity index (χ2v) is 16.3. The number of para-hydroxylation sites is 1. The molecule has 0 spiro atoms. The van der Waals surface area contributed by atoms with E-state index in [0.717, 1.165) is 96.8 Å². The summed E-state index contributed by atoms with van der Waals surface area (Å²) < 4.78 is 4.31. The van der Waals surface area contributed by atoms with Crippen molar-refractivity contribution in [3.05, 3.63) is 166 Å². The molecule has 312 valence electrons. The number of fused-ring (bicyclic) bond motifs is 2. The van der Waals surface area contributed by atoms with Gasteiger partial charge in [-0.05, 0) is 111 Å². The number of nitrogens with one attached hydrogen (secondary N) is 4. The van der Waals surface area contributed by atoms with Gasteiger partial charge in [0.2, 0.25) is 0 Å². The molecule has 0 fully saturated rings. The number of imidazole rings is 2. The summed E-state index contributed by atoms with van der Waals surface area (Å²) in [5.41, 5.74) is 17.7. The van der Waals surface area contributed by atoms with Gasteiger partial charge < -0.3 is 16.0 Å². The minimum atomic E-state index is -0.132. The van der Waals surface area contributed by atoms with Crippen molar-refractivity contribution in [2.24, 2.45) is 0 Å². The molecule has 0 aliphatic heterocycles. The van der Waals surface area contributed by atoms with Crippen molar-refractivity contribution in [1.29, 1.82) is 0 Å². The first kappa shape index (κ1) is 41.6. The van der Waals surface area contributed by atoms with Crippen molar-refractivity contribution in [3.63, 3.8) is 0 Å². The summed E-state index contributed by atoms with van der Waals surface area (Å²) in [4.78, 5) is 31.6. The van der Waals surface area contributed by atoms with E-state index in [1.807, 2.05) is 111 Å². The van der Waals surface area contributed by atoms with E-state index in [2.05, 4.69) is 85.4 Å². The SMILES string of the molecule is C=C(NO)c1ccc(Nc2nc(-c3c(C)nc4ccc(CC)cn34)cs2)cc1.CCc1cccc2nc(C)c(-c3csc(Nc4ccc(C(=O)Nc5ccccc5C)cc4)n3)n12. The summed E-state index contributed by atoms with van der Waals surface area (Å²) in [5, 5.41) is 24.3. The average molecular weight is 859 g/mol. The van der Waals surface area contributed by atoms with E-state index in [1.165, 1.54) is 11.3 Å². The van der Waals surface area contributed by atoms with Crippen LogP contribution in [0.4, 0.5) is 27.3 Å². The number of aromatic nitrogens is 6. The molecular weight excluding hydrogens is 813 g/mol. The highest BCUT2D eigenvalue weighted by atomic mass is 32.1. The molecule has 0 radical (unpaired) electrons. The molecule has 9 aromatic rings. The Morgan fingerprint density at radius 3 is 1.92 bits per heavy atom. The van der Waals surface area contributed by atoms with E-state index < -0.39 is 0 Å². The van der Waals surface area contributed by atoms with E-state index in [1.54, 1.807) is 22.7 Å². The Hall–Kier alpha value is -7.13. The average Bonchev–Trinajstić information content (AvgIpc) is 4.09. The summed E-state index contributed by atoms with van der Waals surface area (Å²) in [6, 6.07) is 33.1. The Kier molecular flexibility index (Phi) is 12.2. The van der Waals surface area contributed by atoms with Gasteiger partial charge in [-0.3, -0.25) is 24.3 Å². The van der Waals surface area contributed by atoms with Crippen LogP contribution >= 0.6 is 22.7 Å². The number of thiazole rings is 2. The summed E-state index contributed by atoms with van der Waals surface area (Å²) >= 11 is 3.10. The standard InChI is InChI=1S/C27H25N5OS.C21H21N5OS/c1-4-21-9-7-11-24-28-18(3)25(32(21)24)23-16-34-27(31-23)29-20-14-12-19(13-15-20)26(33)30-22-10-6-5-8-17(22)2;1-4-15-5-10-19-22-14(3)20(26(19)11-15)18-12-28-21(24-18)23-17-8-6-16(7-9-17)13(2)25-27/h5-16H,4H2,1-3H3,(H,29,31)(H,30,33);5-12,25,27H,2,4H2,1,3H3,(H,23,24). The number of rotatable bonds is 12. The molecule has 5 N–H and O–H groups in total. The third-order valence-electron chi connectivity index (χ3n) is 10.4. The van der Waals surface area contributed by atoms with Crippen LogP contribution in [0.5, 0.6) is 0 Å². The summed E-state index contributed by atoms with van der Waals surface area (Å²) in [6.45, 7) is 14.0. The maximum Gasteiger partial charge on any atom is 0.255 e. The Labute approximate surface area is 367 Å². The number of benzene rings is 3. The Bertz CT molecular complexity index is 3030. The first-order valence-corrected chi connectivity index (χ1v) is 21.9. The van der Waals surface area contributed by atoms with E-state index in [9.17, 15) is 4.79 Å². The summed E-state index contributed by atoms with van der Waals surface area (Å²) in [5.74, 6) is -0.132. The lowest BCUT2D eigenvalue weighted by Crippen LogP contribution is -2.12. The van der Waals surface area contributed by atoms with Gasteiger partial charge in [0.15, 0.2) is 10.3 Å². The Morgan fingerprint density at radius 1 is 0.677 bits per heavy atom. The number of aryl methyl sites for hydroxylation is 5. The summed E-state index contributed by atoms with van der Waals surface area (Å²) in [6.07, 6.45) is 4.03. The molecule has 9 rings (SSSR count). The highest BCUT2D eigenvalue weighted by molar-refractivity contribution is 7.14. The molecule has 0 aliphatic carbocycles. The second-order valence-electron chi connectivity index (χ2n) is 14.6. The third kappa shape index (κ3) is 8.84. The molecule has 0 saturated carbocycles. The molecule has 0 atom stereocenters. The van der Waals surface area contributed by atoms with Crippen LogP contribution in [0, 0.1) is 20.8 Å². The fraction of sp³-hybridized carbons (Fsp3) is 0.146. The van der Waals surface area contributed by atoms with Crippen molar-refractivity contribution in [1.82, 2.24) is 34.2 Å². The first-order chi connectivity index (χ1) is 30.1. The number of pyridine rings is 2. The van der Waals surface area contributed by atoms with Gasteiger partial charge in [0, 0.05) is 45.3 Å². The van der Waals surface area contributed by atoms with Crippen LogP contribution < -0.4 is 21.4 Å². The number of hydrogen-bond acceptors (Lipinski definition) is 11. The zero-order valence-corrected chi connectivity index (χ0v) is 36.7. The lowest BCUT2D eigenvalue weighted by molar-refractivity contribution is 0.102. The maximum atomic E-state index is 12.6. The number of hydrogen-bond donors (Lipinski definition) is 5. The van der Waals surface area contributed by atoms with Crippen molar-refractivity contribution < 1.29 is 10.0 Å². The molecule has 3 aromatic carbocycles. The van der Waals surface area contributed by atoms with E-state index in [4.69, 9.17) is 20.2 Å². The van der Waals surface area contributed by atoms with Crippen molar-refractivity contribution >= 4 is 72.9 Å². The number of nitrogens with zero attached hydrogens (tertiary/aromatic N) is 6. The van der Waals surface area contributed by atoms with Gasteiger partial charge in [-0.25, -0.2) is 19.9 Å². The normalized spacial score (nSPS) is 11.0. The van der Waals surface area contributed by atoms with Gasteiger partial charge in [-0.2, -0.15) is 0 Å². The predicted molar refractivity (Wildman–Crippen MR) is 253 cm³/mol. The molecule has 6 aromatic heterocycles. The van der Waals surface area contributed by atoms with E-state index in [0.29, 0.717) is 11.3 Å². The van der Waals surface area contributed by atoms with Crippen LogP contribution in [0.15, 0.2) is 127 Å². The molecule has 12 nitrogen and oxygen atoms in total. The molecule has 0 unspecified atom stereocenters. The molecule has 62 heavy (non-hydrogen) atoms. The second kappa shape index (κ2) is 18.2. The van der Waals surface area contributed by atoms with Gasteiger partial charge in [0.25, 0.3) is 5.91 Å². The fourth-order valence-corrected chi connectivity index (χ4v) is 8.56. The highest BCUT2D eigenvalue weighted by Gasteiger charge is 2.18. The number of anilines is 5. The number of hydroxylamine groups is 1. The quantitative estimate of drug-likeness (QED) is 0.0758. The fourth-order valence-electron chi connectivity index (χ4n) is 7.13. The number of carbonyl (C=O) groups excluding carboxylic acids is 1. The third-order valence-corrected chi connectivity index (χ3v) is 11.9. The predicted octanol–water partition coefficient (Wildman–Crippen LogP) is 11.7. The first-order valence-electron chi connectivity index (χ1n) is 20.2. The maximum absolute atomic E-state index is 12.6. The zero-order valence-electron chi connectivity index (χ0n) is 35.0. The van der Waals surface area contributed by atoms with E-state index >= 15 is 0 Å². The van der Waals surface area contributed by atoms with Gasteiger partial charge >= 0.3 is 0 Å². The molecule has 0 saturated heterocycles. The number of carbonyl (C=O) groups is 1. The lowest BCUT2D eigenvalue weighted by atomic mass is 10.1. The van der Waals surface area contributed by atoms with Crippen LogP contribution in [0.1, 0.15) is 58.0 Å². The zero-order chi connectivity index (χ0) is 43.3. The van der Waals surface area contributed by atoms with Crippen LogP contribution in [0.25, 0.3) is 39.8 Å².